The van der Waals surface area contributed by atoms with Crippen molar-refractivity contribution in [3.63, 3.8) is 0 Å². The third-order valence-corrected chi connectivity index (χ3v) is 3.53. The molecular formula is C16H17ClN2O2. The summed E-state index contributed by atoms with van der Waals surface area (Å²) in [6.45, 7) is 1.72. The zero-order valence-electron chi connectivity index (χ0n) is 11.6. The first-order chi connectivity index (χ1) is 10.1. The first-order valence-electron chi connectivity index (χ1n) is 6.59. The molecule has 1 unspecified atom stereocenters. The molecule has 3 N–H and O–H groups in total. The Labute approximate surface area is 128 Å². The Kier molecular flexibility index (Phi) is 5.20. The Balaban J connectivity index is 2.01. The Morgan fingerprint density at radius 3 is 2.57 bits per heavy atom. The van der Waals surface area contributed by atoms with Crippen molar-refractivity contribution in [1.29, 1.82) is 0 Å². The van der Waals surface area contributed by atoms with E-state index in [1.54, 1.807) is 12.1 Å². The molecule has 2 aromatic carbocycles. The van der Waals surface area contributed by atoms with E-state index >= 15 is 0 Å². The highest BCUT2D eigenvalue weighted by Crippen LogP contribution is 2.20. The van der Waals surface area contributed by atoms with E-state index in [9.17, 15) is 9.90 Å². The highest BCUT2D eigenvalue weighted by molar-refractivity contribution is 6.31. The van der Waals surface area contributed by atoms with Crippen LogP contribution in [-0.2, 0) is 0 Å². The van der Waals surface area contributed by atoms with Crippen LogP contribution in [0.25, 0.3) is 0 Å². The van der Waals surface area contributed by atoms with Gasteiger partial charge in [0.05, 0.1) is 12.6 Å². The molecule has 4 nitrogen and oxygen atoms in total. The lowest BCUT2D eigenvalue weighted by molar-refractivity contribution is 0.225. The molecule has 0 aliphatic rings. The molecule has 1 atom stereocenters. The third-order valence-electron chi connectivity index (χ3n) is 3.12. The zero-order chi connectivity index (χ0) is 15.2. The monoisotopic (exact) mass is 304 g/mol. The Hall–Kier alpha value is -2.04. The topological polar surface area (TPSA) is 61.4 Å². The summed E-state index contributed by atoms with van der Waals surface area (Å²) in [5, 5.41) is 15.4. The number of hydrogen-bond donors (Lipinski definition) is 3. The molecule has 0 radical (unpaired) electrons. The van der Waals surface area contributed by atoms with Crippen LogP contribution in [0, 0.1) is 6.92 Å². The van der Waals surface area contributed by atoms with Crippen molar-refractivity contribution < 1.29 is 9.90 Å². The minimum atomic E-state index is -0.452. The van der Waals surface area contributed by atoms with Gasteiger partial charge in [-0.15, -0.1) is 0 Å². The van der Waals surface area contributed by atoms with Crippen LogP contribution in [0.15, 0.2) is 48.5 Å². The second-order valence-electron chi connectivity index (χ2n) is 4.71. The summed E-state index contributed by atoms with van der Waals surface area (Å²) in [5.74, 6) is 0. The fourth-order valence-corrected chi connectivity index (χ4v) is 2.10. The Morgan fingerprint density at radius 2 is 1.95 bits per heavy atom. The summed E-state index contributed by atoms with van der Waals surface area (Å²) < 4.78 is 0. The van der Waals surface area contributed by atoms with E-state index < -0.39 is 12.1 Å². The number of aryl methyl sites for hydroxylation is 1. The fraction of sp³-hybridized carbons (Fsp3) is 0.188. The van der Waals surface area contributed by atoms with E-state index in [0.29, 0.717) is 10.7 Å². The number of carbonyl (C=O) groups excluding carboxylic acids is 1. The van der Waals surface area contributed by atoms with E-state index in [1.165, 1.54) is 0 Å². The molecule has 0 aliphatic heterocycles. The number of hydrogen-bond acceptors (Lipinski definition) is 2. The van der Waals surface area contributed by atoms with Crippen LogP contribution in [0.4, 0.5) is 10.5 Å². The number of nitrogens with one attached hydrogen (secondary N) is 2. The number of amides is 2. The highest BCUT2D eigenvalue weighted by Gasteiger charge is 2.13. The van der Waals surface area contributed by atoms with Crippen LogP contribution >= 0.6 is 11.6 Å². The molecule has 2 amide bonds. The van der Waals surface area contributed by atoms with Gasteiger partial charge in [0, 0.05) is 10.7 Å². The number of rotatable bonds is 4. The Bertz CT molecular complexity index is 617. The number of urea groups is 1. The molecule has 5 heteroatoms. The van der Waals surface area contributed by atoms with Gasteiger partial charge in [-0.05, 0) is 30.2 Å². The largest absolute Gasteiger partial charge is 0.394 e. The second kappa shape index (κ2) is 7.11. The van der Waals surface area contributed by atoms with Crippen LogP contribution in [0.1, 0.15) is 17.2 Å². The minimum Gasteiger partial charge on any atom is -0.394 e. The molecule has 110 valence electrons. The van der Waals surface area contributed by atoms with E-state index in [0.717, 1.165) is 11.1 Å². The van der Waals surface area contributed by atoms with E-state index in [1.807, 2.05) is 43.3 Å². The summed E-state index contributed by atoms with van der Waals surface area (Å²) in [6.07, 6.45) is 0. The van der Waals surface area contributed by atoms with Gasteiger partial charge < -0.3 is 15.7 Å². The summed E-state index contributed by atoms with van der Waals surface area (Å²) in [4.78, 5) is 12.0. The number of aliphatic hydroxyl groups excluding tert-OH is 1. The summed E-state index contributed by atoms with van der Waals surface area (Å²) in [5.41, 5.74) is 2.39. The number of carbonyl (C=O) groups is 1. The van der Waals surface area contributed by atoms with Crippen LogP contribution in [0.2, 0.25) is 5.02 Å². The molecule has 0 heterocycles. The number of benzene rings is 2. The normalized spacial score (nSPS) is 11.8. The van der Waals surface area contributed by atoms with E-state index in [2.05, 4.69) is 10.6 Å². The molecule has 21 heavy (non-hydrogen) atoms. The number of anilines is 1. The van der Waals surface area contributed by atoms with E-state index in [-0.39, 0.29) is 6.61 Å². The molecule has 2 aromatic rings. The highest BCUT2D eigenvalue weighted by atomic mass is 35.5. The van der Waals surface area contributed by atoms with E-state index in [4.69, 9.17) is 11.6 Å². The quantitative estimate of drug-likeness (QED) is 0.809. The zero-order valence-corrected chi connectivity index (χ0v) is 12.4. The second-order valence-corrected chi connectivity index (χ2v) is 5.12. The maximum absolute atomic E-state index is 12.0. The van der Waals surface area contributed by atoms with Gasteiger partial charge in [-0.1, -0.05) is 48.0 Å². The van der Waals surface area contributed by atoms with Crippen LogP contribution in [-0.4, -0.2) is 17.7 Å². The lowest BCUT2D eigenvalue weighted by Crippen LogP contribution is -2.34. The first-order valence-corrected chi connectivity index (χ1v) is 6.97. The van der Waals surface area contributed by atoms with Gasteiger partial charge in [0.2, 0.25) is 0 Å². The number of aliphatic hydroxyl groups is 1. The van der Waals surface area contributed by atoms with Gasteiger partial charge in [0.1, 0.15) is 0 Å². The van der Waals surface area contributed by atoms with Gasteiger partial charge in [-0.25, -0.2) is 4.79 Å². The van der Waals surface area contributed by atoms with Crippen molar-refractivity contribution in [2.24, 2.45) is 0 Å². The fourth-order valence-electron chi connectivity index (χ4n) is 1.92. The molecule has 0 fully saturated rings. The Morgan fingerprint density at radius 1 is 1.24 bits per heavy atom. The lowest BCUT2D eigenvalue weighted by atomic mass is 10.1. The van der Waals surface area contributed by atoms with Gasteiger partial charge >= 0.3 is 6.03 Å². The van der Waals surface area contributed by atoms with Gasteiger partial charge in [0.15, 0.2) is 0 Å². The summed E-state index contributed by atoms with van der Waals surface area (Å²) in [6, 6.07) is 13.8. The van der Waals surface area contributed by atoms with Gasteiger partial charge in [-0.3, -0.25) is 0 Å². The summed E-state index contributed by atoms with van der Waals surface area (Å²) >= 11 is 6.01. The van der Waals surface area contributed by atoms with Crippen molar-refractivity contribution in [2.45, 2.75) is 13.0 Å². The molecule has 0 bridgehead atoms. The van der Waals surface area contributed by atoms with Crippen LogP contribution in [0.3, 0.4) is 0 Å². The predicted molar refractivity (Wildman–Crippen MR) is 84.6 cm³/mol. The van der Waals surface area contributed by atoms with Crippen molar-refractivity contribution in [3.8, 4) is 0 Å². The smallest absolute Gasteiger partial charge is 0.319 e. The average molecular weight is 305 g/mol. The number of halogens is 1. The van der Waals surface area contributed by atoms with Crippen molar-refractivity contribution >= 4 is 23.3 Å². The molecule has 0 spiro atoms. The van der Waals surface area contributed by atoms with Crippen molar-refractivity contribution in [2.75, 3.05) is 11.9 Å². The SMILES string of the molecule is Cc1ccc(NC(=O)NC(CO)c2ccccc2)cc1Cl. The molecule has 0 aliphatic carbocycles. The molecule has 0 saturated heterocycles. The molecule has 0 aromatic heterocycles. The van der Waals surface area contributed by atoms with Crippen LogP contribution < -0.4 is 10.6 Å². The first kappa shape index (κ1) is 15.4. The minimum absolute atomic E-state index is 0.175. The maximum atomic E-state index is 12.0. The van der Waals surface area contributed by atoms with Crippen molar-refractivity contribution in [1.82, 2.24) is 5.32 Å². The molecular weight excluding hydrogens is 288 g/mol. The molecule has 2 rings (SSSR count). The standard InChI is InChI=1S/C16H17ClN2O2/c1-11-7-8-13(9-14(11)17)18-16(21)19-15(10-20)12-5-3-2-4-6-12/h2-9,15,20H,10H2,1H3,(H2,18,19,21). The van der Waals surface area contributed by atoms with Crippen LogP contribution in [0.5, 0.6) is 0 Å². The lowest BCUT2D eigenvalue weighted by Gasteiger charge is -2.17. The summed E-state index contributed by atoms with van der Waals surface area (Å²) in [7, 11) is 0. The van der Waals surface area contributed by atoms with Crippen molar-refractivity contribution in [3.05, 3.63) is 64.7 Å². The maximum Gasteiger partial charge on any atom is 0.319 e. The van der Waals surface area contributed by atoms with Gasteiger partial charge in [-0.2, -0.15) is 0 Å². The average Bonchev–Trinajstić information content (AvgIpc) is 2.49. The predicted octanol–water partition coefficient (Wildman–Crippen LogP) is 3.50. The van der Waals surface area contributed by atoms with Gasteiger partial charge in [0.25, 0.3) is 0 Å². The third kappa shape index (κ3) is 4.21. The molecule has 0 saturated carbocycles.